The first-order valence-corrected chi connectivity index (χ1v) is 8.58. The lowest BCUT2D eigenvalue weighted by molar-refractivity contribution is 0.253. The Morgan fingerprint density at radius 2 is 1.84 bits per heavy atom. The molecule has 0 saturated carbocycles. The second-order valence-corrected chi connectivity index (χ2v) is 6.21. The van der Waals surface area contributed by atoms with Crippen LogP contribution in [0, 0.1) is 18.8 Å². The van der Waals surface area contributed by atoms with Crippen molar-refractivity contribution in [3.63, 3.8) is 0 Å². The van der Waals surface area contributed by atoms with Crippen LogP contribution < -0.4 is 10.6 Å². The van der Waals surface area contributed by atoms with Crippen LogP contribution in [-0.4, -0.2) is 30.6 Å². The smallest absolute Gasteiger partial charge is 0.320 e. The maximum absolute atomic E-state index is 11.9. The maximum Gasteiger partial charge on any atom is 0.320 e. The number of nitrogens with one attached hydrogen (secondary N) is 2. The van der Waals surface area contributed by atoms with Crippen molar-refractivity contribution >= 4 is 11.7 Å². The Labute approximate surface area is 149 Å². The van der Waals surface area contributed by atoms with Gasteiger partial charge in [0.05, 0.1) is 13.1 Å². The molecule has 2 amide bonds. The average molecular weight is 333 g/mol. The van der Waals surface area contributed by atoms with Gasteiger partial charge >= 0.3 is 6.03 Å². The molecule has 128 valence electrons. The molecule has 0 bridgehead atoms. The van der Waals surface area contributed by atoms with Crippen molar-refractivity contribution in [3.8, 4) is 11.8 Å². The molecule has 1 aliphatic heterocycles. The lowest BCUT2D eigenvalue weighted by atomic mass is 10.0. The second kappa shape index (κ2) is 8.36. The standard InChI is InChI=1S/C21H23N3O/c1-17-8-2-5-11-20(17)23-21(25)22-13-6-7-14-24-15-12-18-9-3-4-10-19(18)16-24/h2-5,8-11H,12-16H2,1H3,(H2,22,23,25). The van der Waals surface area contributed by atoms with Crippen molar-refractivity contribution in [3.05, 3.63) is 65.2 Å². The molecule has 2 aromatic carbocycles. The van der Waals surface area contributed by atoms with E-state index < -0.39 is 0 Å². The molecule has 0 unspecified atom stereocenters. The molecule has 0 aliphatic carbocycles. The van der Waals surface area contributed by atoms with Gasteiger partial charge in [0, 0.05) is 18.8 Å². The molecule has 0 fully saturated rings. The molecule has 0 aromatic heterocycles. The topological polar surface area (TPSA) is 44.4 Å². The number of aryl methyl sites for hydroxylation is 1. The van der Waals surface area contributed by atoms with Crippen LogP contribution in [0.3, 0.4) is 0 Å². The van der Waals surface area contributed by atoms with E-state index in [1.54, 1.807) is 0 Å². The SMILES string of the molecule is Cc1ccccc1NC(=O)NCC#CCN1CCc2ccccc2C1. The van der Waals surface area contributed by atoms with Gasteiger partial charge in [-0.3, -0.25) is 4.90 Å². The fraction of sp³-hybridized carbons (Fsp3) is 0.286. The Bertz CT molecular complexity index is 804. The third-order valence-electron chi connectivity index (χ3n) is 4.37. The predicted octanol–water partition coefficient (Wildman–Crippen LogP) is 3.18. The molecular weight excluding hydrogens is 310 g/mol. The Kier molecular flexibility index (Phi) is 5.71. The highest BCUT2D eigenvalue weighted by atomic mass is 16.2. The monoisotopic (exact) mass is 333 g/mol. The number of carbonyl (C=O) groups excluding carboxylic acids is 1. The number of hydrogen-bond donors (Lipinski definition) is 2. The number of rotatable bonds is 3. The van der Waals surface area contributed by atoms with E-state index in [2.05, 4.69) is 51.6 Å². The average Bonchev–Trinajstić information content (AvgIpc) is 2.63. The number of fused-ring (bicyclic) bond motifs is 1. The van der Waals surface area contributed by atoms with E-state index in [0.29, 0.717) is 6.54 Å². The van der Waals surface area contributed by atoms with Crippen LogP contribution >= 0.6 is 0 Å². The van der Waals surface area contributed by atoms with Crippen molar-refractivity contribution in [2.24, 2.45) is 0 Å². The molecule has 2 N–H and O–H groups in total. The summed E-state index contributed by atoms with van der Waals surface area (Å²) in [6.07, 6.45) is 1.08. The van der Waals surface area contributed by atoms with Gasteiger partial charge in [0.25, 0.3) is 0 Å². The van der Waals surface area contributed by atoms with Gasteiger partial charge in [0.2, 0.25) is 0 Å². The van der Waals surface area contributed by atoms with Gasteiger partial charge in [-0.2, -0.15) is 0 Å². The van der Waals surface area contributed by atoms with Gasteiger partial charge in [-0.25, -0.2) is 4.79 Å². The lowest BCUT2D eigenvalue weighted by Gasteiger charge is -2.26. The summed E-state index contributed by atoms with van der Waals surface area (Å²) in [6, 6.07) is 16.0. The molecule has 25 heavy (non-hydrogen) atoms. The van der Waals surface area contributed by atoms with Crippen molar-refractivity contribution in [1.82, 2.24) is 10.2 Å². The number of benzene rings is 2. The number of carbonyl (C=O) groups is 1. The summed E-state index contributed by atoms with van der Waals surface area (Å²) in [5.74, 6) is 6.17. The van der Waals surface area contributed by atoms with E-state index in [1.807, 2.05) is 31.2 Å². The Balaban J connectivity index is 1.40. The van der Waals surface area contributed by atoms with Gasteiger partial charge in [-0.15, -0.1) is 0 Å². The van der Waals surface area contributed by atoms with Crippen LogP contribution in [0.15, 0.2) is 48.5 Å². The minimum Gasteiger partial charge on any atom is -0.327 e. The Morgan fingerprint density at radius 1 is 1.08 bits per heavy atom. The summed E-state index contributed by atoms with van der Waals surface area (Å²) in [4.78, 5) is 14.2. The van der Waals surface area contributed by atoms with E-state index in [4.69, 9.17) is 0 Å². The minimum atomic E-state index is -0.226. The third kappa shape index (κ3) is 4.85. The summed E-state index contributed by atoms with van der Waals surface area (Å²) in [6.45, 7) is 5.03. The van der Waals surface area contributed by atoms with Gasteiger partial charge in [0.15, 0.2) is 0 Å². The molecule has 3 rings (SSSR count). The van der Waals surface area contributed by atoms with Crippen LogP contribution in [0.2, 0.25) is 0 Å². The fourth-order valence-corrected chi connectivity index (χ4v) is 2.92. The lowest BCUT2D eigenvalue weighted by Crippen LogP contribution is -2.31. The second-order valence-electron chi connectivity index (χ2n) is 6.21. The molecule has 0 saturated heterocycles. The van der Waals surface area contributed by atoms with Crippen molar-refractivity contribution in [1.29, 1.82) is 0 Å². The molecule has 1 heterocycles. The normalized spacial score (nSPS) is 13.3. The van der Waals surface area contributed by atoms with Crippen molar-refractivity contribution in [2.75, 3.05) is 25.0 Å². The minimum absolute atomic E-state index is 0.226. The quantitative estimate of drug-likeness (QED) is 0.848. The van der Waals surface area contributed by atoms with Crippen LogP contribution in [0.1, 0.15) is 16.7 Å². The highest BCUT2D eigenvalue weighted by Gasteiger charge is 2.14. The number of nitrogens with zero attached hydrogens (tertiary/aromatic N) is 1. The van der Waals surface area contributed by atoms with E-state index in [0.717, 1.165) is 37.3 Å². The molecule has 0 radical (unpaired) electrons. The summed E-state index contributed by atoms with van der Waals surface area (Å²) in [5.41, 5.74) is 4.70. The zero-order valence-corrected chi connectivity index (χ0v) is 14.5. The first-order chi connectivity index (χ1) is 12.2. The van der Waals surface area contributed by atoms with Gasteiger partial charge in [-0.1, -0.05) is 54.3 Å². The van der Waals surface area contributed by atoms with E-state index in [1.165, 1.54) is 11.1 Å². The third-order valence-corrected chi connectivity index (χ3v) is 4.37. The first-order valence-electron chi connectivity index (χ1n) is 8.58. The molecule has 0 atom stereocenters. The number of hydrogen-bond acceptors (Lipinski definition) is 2. The zero-order chi connectivity index (χ0) is 17.5. The fourth-order valence-electron chi connectivity index (χ4n) is 2.92. The first kappa shape index (κ1) is 17.1. The van der Waals surface area contributed by atoms with Crippen LogP contribution in [0.4, 0.5) is 10.5 Å². The van der Waals surface area contributed by atoms with Gasteiger partial charge in [-0.05, 0) is 36.1 Å². The van der Waals surface area contributed by atoms with Crippen LogP contribution in [-0.2, 0) is 13.0 Å². The molecule has 2 aromatic rings. The van der Waals surface area contributed by atoms with Gasteiger partial charge < -0.3 is 10.6 Å². The van der Waals surface area contributed by atoms with Crippen LogP contribution in [0.5, 0.6) is 0 Å². The molecule has 0 spiro atoms. The van der Waals surface area contributed by atoms with Crippen molar-refractivity contribution < 1.29 is 4.79 Å². The number of para-hydroxylation sites is 1. The van der Waals surface area contributed by atoms with Gasteiger partial charge in [0.1, 0.15) is 0 Å². The van der Waals surface area contributed by atoms with Crippen LogP contribution in [0.25, 0.3) is 0 Å². The largest absolute Gasteiger partial charge is 0.327 e. The maximum atomic E-state index is 11.9. The Morgan fingerprint density at radius 3 is 2.68 bits per heavy atom. The Hall–Kier alpha value is -2.77. The van der Waals surface area contributed by atoms with E-state index >= 15 is 0 Å². The summed E-state index contributed by atoms with van der Waals surface area (Å²) >= 11 is 0. The summed E-state index contributed by atoms with van der Waals surface area (Å²) < 4.78 is 0. The zero-order valence-electron chi connectivity index (χ0n) is 14.5. The molecular formula is C21H23N3O. The number of urea groups is 1. The predicted molar refractivity (Wildman–Crippen MR) is 101 cm³/mol. The number of anilines is 1. The van der Waals surface area contributed by atoms with Crippen molar-refractivity contribution in [2.45, 2.75) is 19.9 Å². The van der Waals surface area contributed by atoms with E-state index in [-0.39, 0.29) is 6.03 Å². The molecule has 4 heteroatoms. The number of amides is 2. The highest BCUT2D eigenvalue weighted by molar-refractivity contribution is 5.90. The highest BCUT2D eigenvalue weighted by Crippen LogP contribution is 2.17. The van der Waals surface area contributed by atoms with E-state index in [9.17, 15) is 4.79 Å². The summed E-state index contributed by atoms with van der Waals surface area (Å²) in [7, 11) is 0. The molecule has 1 aliphatic rings. The molecule has 4 nitrogen and oxygen atoms in total. The summed E-state index contributed by atoms with van der Waals surface area (Å²) in [5, 5.41) is 5.60.